The molecule has 1 fully saturated rings. The number of alkyl halides is 2. The third kappa shape index (κ3) is 5.75. The lowest BCUT2D eigenvalue weighted by Crippen LogP contribution is -2.37. The summed E-state index contributed by atoms with van der Waals surface area (Å²) in [5.41, 5.74) is -0.348. The second kappa shape index (κ2) is 10.7. The molecule has 1 heterocycles. The van der Waals surface area contributed by atoms with Gasteiger partial charge in [-0.05, 0) is 52.2 Å². The van der Waals surface area contributed by atoms with Crippen molar-refractivity contribution < 1.29 is 32.5 Å². The Kier molecular flexibility index (Phi) is 7.80. The molecule has 0 saturated heterocycles. The molecular formula is C27H32F3N3O4. The number of rotatable bonds is 11. The molecule has 1 aliphatic carbocycles. The highest BCUT2D eigenvalue weighted by Gasteiger charge is 2.35. The van der Waals surface area contributed by atoms with Crippen molar-refractivity contribution in [3.63, 3.8) is 0 Å². The number of methoxy groups -OCH3 is 1. The topological polar surface area (TPSA) is 85.7 Å². The number of aliphatic hydroxyl groups excluding tert-OH is 1. The van der Waals surface area contributed by atoms with Crippen LogP contribution in [0.5, 0.6) is 11.5 Å². The van der Waals surface area contributed by atoms with Gasteiger partial charge in [-0.2, -0.15) is 8.78 Å². The number of nitrogens with one attached hydrogen (secondary N) is 1. The monoisotopic (exact) mass is 519 g/mol. The average molecular weight is 520 g/mol. The van der Waals surface area contributed by atoms with Crippen LogP contribution in [0.1, 0.15) is 56.1 Å². The molecule has 2 aromatic carbocycles. The Bertz CT molecular complexity index is 1270. The van der Waals surface area contributed by atoms with Gasteiger partial charge >= 0.3 is 0 Å². The van der Waals surface area contributed by atoms with Crippen LogP contribution in [0.3, 0.4) is 0 Å². The Labute approximate surface area is 214 Å². The van der Waals surface area contributed by atoms with E-state index in [9.17, 15) is 8.78 Å². The number of nitrogens with zero attached hydrogens (tertiary/aromatic N) is 2. The van der Waals surface area contributed by atoms with Gasteiger partial charge < -0.3 is 24.6 Å². The molecule has 1 saturated carbocycles. The van der Waals surface area contributed by atoms with Crippen molar-refractivity contribution in [2.24, 2.45) is 0 Å². The number of halogens is 3. The Morgan fingerprint density at radius 2 is 1.92 bits per heavy atom. The molecule has 7 nitrogen and oxygen atoms in total. The van der Waals surface area contributed by atoms with Crippen LogP contribution in [0.15, 0.2) is 30.3 Å². The van der Waals surface area contributed by atoms with Crippen LogP contribution in [0.2, 0.25) is 0 Å². The predicted molar refractivity (Wildman–Crippen MR) is 134 cm³/mol. The van der Waals surface area contributed by atoms with E-state index in [1.165, 1.54) is 25.7 Å². The summed E-state index contributed by atoms with van der Waals surface area (Å²) >= 11 is 0. The third-order valence-corrected chi connectivity index (χ3v) is 6.74. The predicted octanol–water partition coefficient (Wildman–Crippen LogP) is 5.68. The fourth-order valence-electron chi connectivity index (χ4n) is 4.43. The normalized spacial score (nSPS) is 15.8. The zero-order valence-corrected chi connectivity index (χ0v) is 21.4. The van der Waals surface area contributed by atoms with E-state index in [1.54, 1.807) is 26.0 Å². The molecule has 1 aromatic heterocycles. The maximum absolute atomic E-state index is 15.0. The zero-order chi connectivity index (χ0) is 26.8. The molecule has 200 valence electrons. The Morgan fingerprint density at radius 1 is 1.16 bits per heavy atom. The first-order valence-electron chi connectivity index (χ1n) is 12.2. The molecule has 10 heteroatoms. The van der Waals surface area contributed by atoms with Gasteiger partial charge in [0.2, 0.25) is 0 Å². The van der Waals surface area contributed by atoms with E-state index in [1.807, 2.05) is 0 Å². The summed E-state index contributed by atoms with van der Waals surface area (Å²) in [6.45, 7) is 4.71. The van der Waals surface area contributed by atoms with Crippen LogP contribution in [-0.2, 0) is 10.7 Å². The summed E-state index contributed by atoms with van der Waals surface area (Å²) in [6.07, 6.45) is 3.25. The highest BCUT2D eigenvalue weighted by atomic mass is 19.3. The molecule has 0 amide bonds. The van der Waals surface area contributed by atoms with Crippen molar-refractivity contribution >= 4 is 16.7 Å². The summed E-state index contributed by atoms with van der Waals surface area (Å²) < 4.78 is 60.5. The van der Waals surface area contributed by atoms with Gasteiger partial charge in [0.15, 0.2) is 11.5 Å². The molecule has 0 aliphatic heterocycles. The number of fused-ring (bicyclic) bond motifs is 1. The van der Waals surface area contributed by atoms with E-state index in [2.05, 4.69) is 22.2 Å². The lowest BCUT2D eigenvalue weighted by atomic mass is 9.82. The molecule has 3 aromatic rings. The van der Waals surface area contributed by atoms with Gasteiger partial charge in [0.1, 0.15) is 30.7 Å². The largest absolute Gasteiger partial charge is 0.493 e. The molecule has 0 radical (unpaired) electrons. The van der Waals surface area contributed by atoms with Gasteiger partial charge in [-0.25, -0.2) is 14.4 Å². The summed E-state index contributed by atoms with van der Waals surface area (Å²) in [4.78, 5) is 8.95. The smallest absolute Gasteiger partial charge is 0.298 e. The van der Waals surface area contributed by atoms with Gasteiger partial charge in [0.05, 0.1) is 36.4 Å². The first-order valence-corrected chi connectivity index (χ1v) is 12.2. The third-order valence-electron chi connectivity index (χ3n) is 6.74. The molecule has 37 heavy (non-hydrogen) atoms. The molecule has 0 unspecified atom stereocenters. The number of aromatic nitrogens is 2. The highest BCUT2D eigenvalue weighted by Crippen LogP contribution is 2.38. The number of hydrogen-bond donors (Lipinski definition) is 2. The zero-order valence-electron chi connectivity index (χ0n) is 21.4. The number of hydrogen-bond acceptors (Lipinski definition) is 7. The van der Waals surface area contributed by atoms with Crippen LogP contribution < -0.4 is 14.8 Å². The minimum absolute atomic E-state index is 0.0154. The van der Waals surface area contributed by atoms with E-state index in [-0.39, 0.29) is 11.2 Å². The van der Waals surface area contributed by atoms with Crippen molar-refractivity contribution in [2.45, 2.75) is 57.6 Å². The number of anilines is 1. The molecule has 4 rings (SSSR count). The van der Waals surface area contributed by atoms with Crippen molar-refractivity contribution in [3.8, 4) is 11.5 Å². The Balaban J connectivity index is 1.61. The van der Waals surface area contributed by atoms with Gasteiger partial charge in [-0.1, -0.05) is 12.1 Å². The number of aliphatic hydroxyl groups is 1. The van der Waals surface area contributed by atoms with E-state index in [4.69, 9.17) is 19.3 Å². The summed E-state index contributed by atoms with van der Waals surface area (Å²) in [5.74, 6) is -2.97. The number of aryl methyl sites for hydroxylation is 1. The highest BCUT2D eigenvalue weighted by molar-refractivity contribution is 5.92. The molecule has 2 N–H and O–H groups in total. The van der Waals surface area contributed by atoms with E-state index < -0.39 is 30.0 Å². The van der Waals surface area contributed by atoms with Crippen LogP contribution in [-0.4, -0.2) is 47.6 Å². The number of benzene rings is 2. The molecule has 1 aliphatic rings. The molecular weight excluding hydrogens is 487 g/mol. The van der Waals surface area contributed by atoms with E-state index in [0.717, 1.165) is 18.9 Å². The summed E-state index contributed by atoms with van der Waals surface area (Å²) in [5, 5.41) is 12.7. The van der Waals surface area contributed by atoms with Gasteiger partial charge in [-0.3, -0.25) is 0 Å². The fraction of sp³-hybridized carbons (Fsp3) is 0.481. The van der Waals surface area contributed by atoms with Crippen molar-refractivity contribution in [1.29, 1.82) is 0 Å². The lowest BCUT2D eigenvalue weighted by Gasteiger charge is -2.38. The maximum atomic E-state index is 15.0. The van der Waals surface area contributed by atoms with Crippen LogP contribution in [0.4, 0.5) is 19.0 Å². The Hall–Kier alpha value is -3.11. The minimum Gasteiger partial charge on any atom is -0.493 e. The molecule has 1 atom stereocenters. The average Bonchev–Trinajstić information content (AvgIpc) is 2.85. The van der Waals surface area contributed by atoms with Crippen LogP contribution >= 0.6 is 0 Å². The van der Waals surface area contributed by atoms with E-state index >= 15 is 4.39 Å². The summed E-state index contributed by atoms with van der Waals surface area (Å²) in [7, 11) is 1.53. The van der Waals surface area contributed by atoms with Crippen molar-refractivity contribution in [1.82, 2.24) is 9.97 Å². The van der Waals surface area contributed by atoms with E-state index in [0.29, 0.717) is 47.3 Å². The Morgan fingerprint density at radius 3 is 2.57 bits per heavy atom. The quantitative estimate of drug-likeness (QED) is 0.315. The fourth-order valence-corrected chi connectivity index (χ4v) is 4.43. The van der Waals surface area contributed by atoms with Gasteiger partial charge in [0.25, 0.3) is 5.92 Å². The second-order valence-electron chi connectivity index (χ2n) is 9.58. The first-order chi connectivity index (χ1) is 17.6. The van der Waals surface area contributed by atoms with Crippen molar-refractivity contribution in [2.75, 3.05) is 32.2 Å². The van der Waals surface area contributed by atoms with Crippen LogP contribution in [0.25, 0.3) is 10.9 Å². The standard InChI is InChI=1S/C27H32F3N3O4/c1-16(18-7-5-8-20(24(18)28)27(29,30)15-34)31-25-19-13-23(36-11-12-37-26(3)9-6-10-26)22(35-4)14-21(19)32-17(2)33-25/h5,7-8,13-14,16,34H,6,9-12,15H2,1-4H3,(H,31,32,33)/t16-/m1/s1. The minimum atomic E-state index is -3.69. The summed E-state index contributed by atoms with van der Waals surface area (Å²) in [6, 6.07) is 6.46. The lowest BCUT2D eigenvalue weighted by molar-refractivity contribution is -0.0922. The first kappa shape index (κ1) is 26.9. The van der Waals surface area contributed by atoms with Crippen LogP contribution in [0, 0.1) is 12.7 Å². The second-order valence-corrected chi connectivity index (χ2v) is 9.58. The van der Waals surface area contributed by atoms with Gasteiger partial charge in [0, 0.05) is 17.0 Å². The number of ether oxygens (including phenoxy) is 3. The van der Waals surface area contributed by atoms with Crippen molar-refractivity contribution in [3.05, 3.63) is 53.1 Å². The molecule has 0 bridgehead atoms. The SMILES string of the molecule is COc1cc2nc(C)nc(N[C@H](C)c3cccc(C(F)(F)CO)c3F)c2cc1OCCOC1(C)CCC1. The van der Waals surface area contributed by atoms with Gasteiger partial charge in [-0.15, -0.1) is 0 Å². The maximum Gasteiger partial charge on any atom is 0.298 e. The molecule has 0 spiro atoms.